The van der Waals surface area contributed by atoms with E-state index in [4.69, 9.17) is 9.57 Å². The summed E-state index contributed by atoms with van der Waals surface area (Å²) in [6.07, 6.45) is 6.04. The first-order chi connectivity index (χ1) is 29.7. The molecule has 0 spiro atoms. The molecule has 0 aliphatic carbocycles. The number of hydrogen-bond donors (Lipinski definition) is 4. The van der Waals surface area contributed by atoms with Crippen molar-refractivity contribution < 1.29 is 80.4 Å². The first kappa shape index (κ1) is 50.6. The number of nitrogens with zero attached hydrogens (tertiary/aromatic N) is 3. The summed E-state index contributed by atoms with van der Waals surface area (Å²) in [6, 6.07) is 8.05. The van der Waals surface area contributed by atoms with Crippen LogP contribution in [0.25, 0.3) is 0 Å². The summed E-state index contributed by atoms with van der Waals surface area (Å²) in [6.45, 7) is 4.20. The monoisotopic (exact) mass is 974 g/mol. The highest BCUT2D eigenvalue weighted by Gasteiger charge is 2.48. The normalized spacial score (nSPS) is 21.1. The molecule has 1 saturated heterocycles. The zero-order chi connectivity index (χ0) is 47.5. The van der Waals surface area contributed by atoms with Gasteiger partial charge in [0.05, 0.1) is 33.3 Å². The second kappa shape index (κ2) is 19.6. The maximum absolute atomic E-state index is 12.5. The molecule has 3 aliphatic rings. The zero-order valence-corrected chi connectivity index (χ0v) is 38.6. The Bertz CT molecular complexity index is 2720. The molecule has 5 rings (SSSR count). The molecule has 2 amide bonds. The third kappa shape index (κ3) is 11.9. The summed E-state index contributed by atoms with van der Waals surface area (Å²) in [4.78, 5) is 42.2. The standard InChI is InChI=1S/C40H51N3O17S4/c1-39(19-8-24-61(47,48)49)30-26-28(63(53,54)55)13-15-32(30)41(21-6-4-5-12-38(46)60-43-36(44)17-18-37(43)45)34(39)10-7-11-35-40(2,20-9-25-62(50,51)52)31-27-29(64(56,57)58)14-16-33(31)42(35)22-23-59-3/h7,10-11,13-16,26-27H,4-6,8-9,12,17-25H2,1-3H3,(H3-,47,48,49,50,51,52,53,54,55,56,57,58)/p+1. The molecule has 2 unspecified atom stereocenters. The molecule has 0 saturated carbocycles. The van der Waals surface area contributed by atoms with Crippen molar-refractivity contribution in [3.63, 3.8) is 0 Å². The number of unbranched alkanes of at least 4 members (excludes halogenated alkanes) is 2. The average Bonchev–Trinajstić information content (AvgIpc) is 3.71. The maximum Gasteiger partial charge on any atom is 0.333 e. The Hall–Kier alpha value is -4.40. The Morgan fingerprint density at radius 3 is 1.89 bits per heavy atom. The highest BCUT2D eigenvalue weighted by molar-refractivity contribution is 7.86. The first-order valence-electron chi connectivity index (χ1n) is 20.2. The fourth-order valence-corrected chi connectivity index (χ4v) is 10.6. The molecule has 2 atom stereocenters. The minimum atomic E-state index is -4.71. The number of hydroxylamine groups is 2. The van der Waals surface area contributed by atoms with Gasteiger partial charge in [0.15, 0.2) is 5.71 Å². The zero-order valence-electron chi connectivity index (χ0n) is 35.4. The molecule has 2 aromatic rings. The minimum Gasteiger partial charge on any atom is -0.383 e. The average molecular weight is 975 g/mol. The summed E-state index contributed by atoms with van der Waals surface area (Å²) in [5.41, 5.74) is 0.704. The van der Waals surface area contributed by atoms with Crippen molar-refractivity contribution in [2.45, 2.75) is 98.7 Å². The van der Waals surface area contributed by atoms with Gasteiger partial charge in [-0.25, -0.2) is 4.79 Å². The lowest BCUT2D eigenvalue weighted by atomic mass is 9.75. The Kier molecular flexibility index (Phi) is 15.5. The Morgan fingerprint density at radius 1 is 0.766 bits per heavy atom. The SMILES string of the molecule is COCCN1/C(=C/C=C/C2=[N+](CCCCCC(=O)ON3C(=O)CCC3=O)c3ccc(S(=O)(=O)O)cc3C2(C)CCCS(=O)(=O)O)C(C)(CCCS(=O)(=O)O)c2cc(S(=O)(=O)O)ccc21. The molecule has 3 aliphatic heterocycles. The summed E-state index contributed by atoms with van der Waals surface area (Å²) in [5.74, 6) is -3.21. The molecule has 0 bridgehead atoms. The summed E-state index contributed by atoms with van der Waals surface area (Å²) >= 11 is 0. The molecule has 352 valence electrons. The van der Waals surface area contributed by atoms with Crippen LogP contribution in [0.1, 0.15) is 89.2 Å². The molecule has 0 aromatic heterocycles. The van der Waals surface area contributed by atoms with Crippen molar-refractivity contribution in [1.82, 2.24) is 5.06 Å². The van der Waals surface area contributed by atoms with Crippen LogP contribution in [-0.4, -0.2) is 123 Å². The number of ether oxygens (including phenoxy) is 1. The van der Waals surface area contributed by atoms with Gasteiger partial charge in [-0.15, -0.1) is 5.06 Å². The number of hydrogen-bond acceptors (Lipinski definition) is 14. The van der Waals surface area contributed by atoms with Gasteiger partial charge in [0.1, 0.15) is 6.54 Å². The molecule has 20 nitrogen and oxygen atoms in total. The van der Waals surface area contributed by atoms with E-state index in [0.29, 0.717) is 58.2 Å². The lowest BCUT2D eigenvalue weighted by Crippen LogP contribution is -2.32. The van der Waals surface area contributed by atoms with Gasteiger partial charge in [-0.2, -0.15) is 38.2 Å². The molecule has 24 heteroatoms. The number of fused-ring (bicyclic) bond motifs is 2. The van der Waals surface area contributed by atoms with Gasteiger partial charge in [0.2, 0.25) is 5.69 Å². The first-order valence-corrected chi connectivity index (χ1v) is 26.3. The maximum atomic E-state index is 12.5. The second-order valence-corrected chi connectivity index (χ2v) is 22.2. The van der Waals surface area contributed by atoms with Crippen molar-refractivity contribution in [2.24, 2.45) is 0 Å². The molecule has 64 heavy (non-hydrogen) atoms. The van der Waals surface area contributed by atoms with Crippen LogP contribution in [0.2, 0.25) is 0 Å². The molecular weight excluding hydrogens is 923 g/mol. The third-order valence-corrected chi connectivity index (χ3v) is 15.0. The van der Waals surface area contributed by atoms with Crippen LogP contribution in [0.4, 0.5) is 11.4 Å². The number of allylic oxidation sites excluding steroid dienone is 4. The van der Waals surface area contributed by atoms with E-state index in [2.05, 4.69) is 0 Å². The van der Waals surface area contributed by atoms with E-state index in [-0.39, 0.29) is 64.6 Å². The van der Waals surface area contributed by atoms with Crippen molar-refractivity contribution in [3.05, 3.63) is 71.5 Å². The summed E-state index contributed by atoms with van der Waals surface area (Å²) < 4.78 is 143. The lowest BCUT2D eigenvalue weighted by Gasteiger charge is -2.30. The van der Waals surface area contributed by atoms with Crippen LogP contribution in [-0.2, 0) is 75.3 Å². The Morgan fingerprint density at radius 2 is 1.33 bits per heavy atom. The topological polar surface area (TPSA) is 297 Å². The number of benzene rings is 2. The van der Waals surface area contributed by atoms with E-state index in [1.54, 1.807) is 32.1 Å². The highest BCUT2D eigenvalue weighted by Crippen LogP contribution is 2.51. The van der Waals surface area contributed by atoms with Gasteiger partial charge in [-0.3, -0.25) is 27.8 Å². The van der Waals surface area contributed by atoms with Crippen molar-refractivity contribution >= 4 is 75.3 Å². The van der Waals surface area contributed by atoms with Crippen LogP contribution >= 0.6 is 0 Å². The van der Waals surface area contributed by atoms with Gasteiger partial charge < -0.3 is 14.5 Å². The molecule has 3 heterocycles. The Balaban J connectivity index is 1.59. The van der Waals surface area contributed by atoms with E-state index in [9.17, 15) is 66.3 Å². The largest absolute Gasteiger partial charge is 0.383 e. The van der Waals surface area contributed by atoms with Gasteiger partial charge >= 0.3 is 5.97 Å². The number of imide groups is 1. The van der Waals surface area contributed by atoms with Crippen LogP contribution in [0, 0.1) is 0 Å². The van der Waals surface area contributed by atoms with E-state index in [0.717, 1.165) is 0 Å². The number of rotatable bonds is 22. The highest BCUT2D eigenvalue weighted by atomic mass is 32.2. The van der Waals surface area contributed by atoms with E-state index < -0.39 is 90.4 Å². The van der Waals surface area contributed by atoms with E-state index in [1.165, 1.54) is 43.5 Å². The third-order valence-electron chi connectivity index (χ3n) is 11.7. The van der Waals surface area contributed by atoms with Crippen LogP contribution in [0.15, 0.2) is 70.1 Å². The van der Waals surface area contributed by atoms with Gasteiger partial charge in [-0.05, 0) is 94.3 Å². The van der Waals surface area contributed by atoms with Crippen LogP contribution < -0.4 is 4.90 Å². The smallest absolute Gasteiger partial charge is 0.333 e. The summed E-state index contributed by atoms with van der Waals surface area (Å²) in [7, 11) is -16.7. The van der Waals surface area contributed by atoms with E-state index in [1.807, 2.05) is 9.48 Å². The fraction of sp³-hybridized carbons (Fsp3) is 0.500. The second-order valence-electron chi connectivity index (χ2n) is 16.2. The van der Waals surface area contributed by atoms with Crippen LogP contribution in [0.3, 0.4) is 0 Å². The van der Waals surface area contributed by atoms with Crippen molar-refractivity contribution in [2.75, 3.05) is 43.2 Å². The van der Waals surface area contributed by atoms with E-state index >= 15 is 0 Å². The van der Waals surface area contributed by atoms with Crippen molar-refractivity contribution in [3.8, 4) is 0 Å². The Labute approximate surface area is 372 Å². The number of carbonyl (C=O) groups is 3. The molecule has 4 N–H and O–H groups in total. The number of carbonyl (C=O) groups excluding carboxylic acids is 3. The molecule has 0 radical (unpaired) electrons. The summed E-state index contributed by atoms with van der Waals surface area (Å²) in [5, 5.41) is 0.468. The van der Waals surface area contributed by atoms with Gasteiger partial charge in [-0.1, -0.05) is 6.08 Å². The number of methoxy groups -OCH3 is 1. The predicted octanol–water partition coefficient (Wildman–Crippen LogP) is 3.90. The van der Waals surface area contributed by atoms with Crippen molar-refractivity contribution in [1.29, 1.82) is 0 Å². The van der Waals surface area contributed by atoms with Gasteiger partial charge in [0, 0.05) is 73.8 Å². The molecule has 2 aromatic carbocycles. The lowest BCUT2D eigenvalue weighted by molar-refractivity contribution is -0.438. The molecule has 1 fully saturated rings. The quantitative estimate of drug-likeness (QED) is 0.0563. The minimum absolute atomic E-state index is 0.0533. The van der Waals surface area contributed by atoms with Crippen LogP contribution in [0.5, 0.6) is 0 Å². The predicted molar refractivity (Wildman–Crippen MR) is 230 cm³/mol. The fourth-order valence-electron chi connectivity index (χ4n) is 8.54. The van der Waals surface area contributed by atoms with Gasteiger partial charge in [0.25, 0.3) is 52.3 Å². The number of anilines is 1. The molecular formula is C40H52N3O17S4+. The number of amides is 2.